The Morgan fingerprint density at radius 2 is 1.90 bits per heavy atom. The van der Waals surface area contributed by atoms with Gasteiger partial charge in [0.2, 0.25) is 0 Å². The summed E-state index contributed by atoms with van der Waals surface area (Å²) >= 11 is 0. The van der Waals surface area contributed by atoms with Gasteiger partial charge < -0.3 is 15.2 Å². The largest absolute Gasteiger partial charge is 0.348 e. The lowest BCUT2D eigenvalue weighted by molar-refractivity contribution is 0.0922. The number of amides is 2. The van der Waals surface area contributed by atoms with Gasteiger partial charge in [0, 0.05) is 19.7 Å². The van der Waals surface area contributed by atoms with Crippen LogP contribution >= 0.6 is 0 Å². The average Bonchev–Trinajstić information content (AvgIpc) is 3.53. The molecule has 1 fully saturated rings. The van der Waals surface area contributed by atoms with Crippen LogP contribution in [0.1, 0.15) is 85.5 Å². The smallest absolute Gasteiger partial charge is 0.268 e. The van der Waals surface area contributed by atoms with Crippen LogP contribution in [0.3, 0.4) is 0 Å². The van der Waals surface area contributed by atoms with E-state index >= 15 is 0 Å². The molecule has 156 valence electrons. The highest BCUT2D eigenvalue weighted by Crippen LogP contribution is 2.32. The Balaban J connectivity index is 0.00000256. The molecule has 2 aliphatic rings. The Bertz CT molecular complexity index is 889. The zero-order valence-electron chi connectivity index (χ0n) is 17.4. The van der Waals surface area contributed by atoms with Crippen molar-refractivity contribution in [3.8, 4) is 0 Å². The van der Waals surface area contributed by atoms with Gasteiger partial charge in [0.1, 0.15) is 5.69 Å². The maximum absolute atomic E-state index is 13.2. The predicted molar refractivity (Wildman–Crippen MR) is 116 cm³/mol. The molecule has 0 bridgehead atoms. The van der Waals surface area contributed by atoms with E-state index in [4.69, 9.17) is 0 Å². The van der Waals surface area contributed by atoms with Gasteiger partial charge >= 0.3 is 0 Å². The Morgan fingerprint density at radius 1 is 1.14 bits per heavy atom. The molecule has 1 aliphatic heterocycles. The second-order valence-electron chi connectivity index (χ2n) is 8.44. The van der Waals surface area contributed by atoms with Crippen molar-refractivity contribution >= 4 is 11.8 Å². The van der Waals surface area contributed by atoms with Gasteiger partial charge in [0.25, 0.3) is 11.8 Å². The summed E-state index contributed by atoms with van der Waals surface area (Å²) in [7, 11) is 0. The molecular formula is C24H33N3O2. The fourth-order valence-electron chi connectivity index (χ4n) is 4.40. The van der Waals surface area contributed by atoms with Crippen LogP contribution in [0, 0.1) is 5.92 Å². The molecule has 4 rings (SSSR count). The molecule has 0 radical (unpaired) electrons. The lowest BCUT2D eigenvalue weighted by atomic mass is 10.0. The van der Waals surface area contributed by atoms with Gasteiger partial charge in [-0.25, -0.2) is 0 Å². The van der Waals surface area contributed by atoms with E-state index in [0.29, 0.717) is 17.2 Å². The molecule has 0 unspecified atom stereocenters. The highest BCUT2D eigenvalue weighted by molar-refractivity contribution is 6.01. The minimum Gasteiger partial charge on any atom is -0.348 e. The highest BCUT2D eigenvalue weighted by Gasteiger charge is 2.31. The molecule has 2 N–H and O–H groups in total. The molecule has 1 aromatic heterocycles. The molecule has 2 atom stereocenters. The van der Waals surface area contributed by atoms with E-state index in [1.165, 1.54) is 12.8 Å². The molecule has 1 aromatic carbocycles. The summed E-state index contributed by atoms with van der Waals surface area (Å²) in [5.41, 5.74) is 3.39. The maximum atomic E-state index is 13.2. The predicted octanol–water partition coefficient (Wildman–Crippen LogP) is 4.48. The third-order valence-electron chi connectivity index (χ3n) is 6.33. The first-order chi connectivity index (χ1) is 14.1. The number of rotatable bonds is 7. The maximum Gasteiger partial charge on any atom is 0.268 e. The van der Waals surface area contributed by atoms with E-state index in [1.54, 1.807) is 0 Å². The standard InChI is InChI=1S/C24H31N3O2.H2/c1-3-20(18-9-5-4-6-10-18)26-23(28)19-15-22(27-14-8-7-11-21(19)27)24(29)25-16(2)17-12-13-17;/h4-6,9-10,15-17,20H,3,7-8,11-14H2,1-2H3,(H,25,29)(H,26,28);1H/t16-,20-;/m1./s1. The molecular weight excluding hydrogens is 362 g/mol. The van der Waals surface area contributed by atoms with Gasteiger partial charge in [-0.15, -0.1) is 0 Å². The minimum atomic E-state index is -0.0827. The SMILES string of the molecule is CC[C@@H](NC(=O)c1cc(C(=O)N[C@H](C)C2CC2)n2c1CCCC2)c1ccccc1.[HH]. The van der Waals surface area contributed by atoms with Crippen molar-refractivity contribution in [1.82, 2.24) is 15.2 Å². The van der Waals surface area contributed by atoms with Crippen LogP contribution in [0.2, 0.25) is 0 Å². The molecule has 1 aliphatic carbocycles. The first-order valence-electron chi connectivity index (χ1n) is 11.0. The van der Waals surface area contributed by atoms with Gasteiger partial charge in [0.15, 0.2) is 0 Å². The van der Waals surface area contributed by atoms with E-state index in [9.17, 15) is 9.59 Å². The van der Waals surface area contributed by atoms with Crippen LogP contribution in [0.5, 0.6) is 0 Å². The molecule has 29 heavy (non-hydrogen) atoms. The molecule has 2 heterocycles. The zero-order valence-corrected chi connectivity index (χ0v) is 17.4. The lowest BCUT2D eigenvalue weighted by Crippen LogP contribution is -2.35. The van der Waals surface area contributed by atoms with Crippen LogP contribution in [-0.4, -0.2) is 22.4 Å². The summed E-state index contributed by atoms with van der Waals surface area (Å²) in [6.45, 7) is 4.96. The molecule has 2 aromatic rings. The number of nitrogens with one attached hydrogen (secondary N) is 2. The van der Waals surface area contributed by atoms with Gasteiger partial charge in [0.05, 0.1) is 11.6 Å². The fourth-order valence-corrected chi connectivity index (χ4v) is 4.40. The van der Waals surface area contributed by atoms with Crippen molar-refractivity contribution < 1.29 is 11.0 Å². The molecule has 0 spiro atoms. The summed E-state index contributed by atoms with van der Waals surface area (Å²) in [5, 5.41) is 6.33. The first-order valence-corrected chi connectivity index (χ1v) is 11.0. The van der Waals surface area contributed by atoms with Crippen LogP contribution < -0.4 is 10.6 Å². The van der Waals surface area contributed by atoms with Crippen LogP contribution in [0.25, 0.3) is 0 Å². The zero-order chi connectivity index (χ0) is 20.4. The number of fused-ring (bicyclic) bond motifs is 1. The Labute approximate surface area is 174 Å². The van der Waals surface area contributed by atoms with E-state index in [1.807, 2.05) is 36.4 Å². The topological polar surface area (TPSA) is 63.1 Å². The second-order valence-corrected chi connectivity index (χ2v) is 8.44. The summed E-state index contributed by atoms with van der Waals surface area (Å²) in [6.07, 6.45) is 6.15. The summed E-state index contributed by atoms with van der Waals surface area (Å²) in [6, 6.07) is 12.0. The summed E-state index contributed by atoms with van der Waals surface area (Å²) < 4.78 is 2.07. The second kappa shape index (κ2) is 8.44. The summed E-state index contributed by atoms with van der Waals surface area (Å²) in [5.74, 6) is 0.469. The Hall–Kier alpha value is -2.56. The highest BCUT2D eigenvalue weighted by atomic mass is 16.2. The minimum absolute atomic E-state index is 0. The van der Waals surface area contributed by atoms with Crippen LogP contribution in [-0.2, 0) is 13.0 Å². The van der Waals surface area contributed by atoms with Crippen LogP contribution in [0.4, 0.5) is 0 Å². The van der Waals surface area contributed by atoms with Crippen LogP contribution in [0.15, 0.2) is 36.4 Å². The van der Waals surface area contributed by atoms with E-state index in [-0.39, 0.29) is 25.3 Å². The molecule has 5 heteroatoms. The number of carbonyl (C=O) groups excluding carboxylic acids is 2. The summed E-state index contributed by atoms with van der Waals surface area (Å²) in [4.78, 5) is 26.1. The van der Waals surface area contributed by atoms with Gasteiger partial charge in [-0.2, -0.15) is 0 Å². The van der Waals surface area contributed by atoms with Crippen molar-refractivity contribution in [2.75, 3.05) is 0 Å². The Morgan fingerprint density at radius 3 is 2.59 bits per heavy atom. The fraction of sp³-hybridized carbons (Fsp3) is 0.500. The number of hydrogen-bond donors (Lipinski definition) is 2. The van der Waals surface area contributed by atoms with Crippen molar-refractivity contribution in [2.24, 2.45) is 5.92 Å². The molecule has 2 amide bonds. The molecule has 1 saturated carbocycles. The lowest BCUT2D eigenvalue weighted by Gasteiger charge is -2.21. The van der Waals surface area contributed by atoms with E-state index in [2.05, 4.69) is 29.0 Å². The average molecular weight is 396 g/mol. The van der Waals surface area contributed by atoms with E-state index in [0.717, 1.165) is 43.5 Å². The Kier molecular flexibility index (Phi) is 5.74. The quantitative estimate of drug-likeness (QED) is 0.726. The third-order valence-corrected chi connectivity index (χ3v) is 6.33. The normalized spacial score (nSPS) is 17.9. The number of nitrogens with zero attached hydrogens (tertiary/aromatic N) is 1. The number of benzene rings is 1. The van der Waals surface area contributed by atoms with Gasteiger partial charge in [-0.1, -0.05) is 37.3 Å². The van der Waals surface area contributed by atoms with Crippen molar-refractivity contribution in [2.45, 2.75) is 71.0 Å². The number of aromatic nitrogens is 1. The van der Waals surface area contributed by atoms with E-state index < -0.39 is 0 Å². The third kappa shape index (κ3) is 4.24. The molecule has 5 nitrogen and oxygen atoms in total. The number of carbonyl (C=O) groups is 2. The molecule has 0 saturated heterocycles. The van der Waals surface area contributed by atoms with Crippen molar-refractivity contribution in [1.29, 1.82) is 0 Å². The van der Waals surface area contributed by atoms with Gasteiger partial charge in [-0.05, 0) is 63.0 Å². The van der Waals surface area contributed by atoms with Crippen molar-refractivity contribution in [3.63, 3.8) is 0 Å². The van der Waals surface area contributed by atoms with Gasteiger partial charge in [-0.3, -0.25) is 9.59 Å². The first kappa shape index (κ1) is 19.7. The number of hydrogen-bond acceptors (Lipinski definition) is 2. The monoisotopic (exact) mass is 395 g/mol. The van der Waals surface area contributed by atoms with Crippen molar-refractivity contribution in [3.05, 3.63) is 58.9 Å².